The van der Waals surface area contributed by atoms with Crippen LogP contribution in [0.15, 0.2) is 28.9 Å². The monoisotopic (exact) mass is 588 g/mol. The number of carbonyl (C=O) groups is 2. The Morgan fingerprint density at radius 1 is 1.15 bits per heavy atom. The molecule has 8 nitrogen and oxygen atoms in total. The number of aromatic nitrogens is 1. The van der Waals surface area contributed by atoms with E-state index in [1.54, 1.807) is 0 Å². The van der Waals surface area contributed by atoms with Gasteiger partial charge in [0.2, 0.25) is 22.8 Å². The maximum absolute atomic E-state index is 14.1. The zero-order valence-electron chi connectivity index (χ0n) is 22.5. The van der Waals surface area contributed by atoms with Gasteiger partial charge in [-0.2, -0.15) is 13.2 Å². The predicted molar refractivity (Wildman–Crippen MR) is 142 cm³/mol. The van der Waals surface area contributed by atoms with Crippen LogP contribution in [0.1, 0.15) is 98.3 Å². The molecule has 0 saturated carbocycles. The molecular formula is C27H36F4N4O4S. The standard InChI is InChI=1S/C27H36F4N4O4S/c1-2-3-4-5-6-7-14-32-25(37)22-18-39-26(33-22)23-9-8-15-35(23)17-20-16-21(28)12-10-19(20)11-13-24(36)34-40(38)27(29,30)31/h10,12,16,18,23H,2-9,11,13-15,17H2,1H3,(H,32,37)(H,34,36)/t23-,40?/m0/s1. The molecule has 0 radical (unpaired) electrons. The van der Waals surface area contributed by atoms with Gasteiger partial charge in [0, 0.05) is 19.5 Å². The lowest BCUT2D eigenvalue weighted by molar-refractivity contribution is -0.119. The van der Waals surface area contributed by atoms with E-state index in [9.17, 15) is 31.4 Å². The van der Waals surface area contributed by atoms with E-state index in [0.29, 0.717) is 30.1 Å². The Balaban J connectivity index is 1.57. The Bertz CT molecular complexity index is 1160. The van der Waals surface area contributed by atoms with Crippen LogP contribution in [0, 0.1) is 5.82 Å². The van der Waals surface area contributed by atoms with Gasteiger partial charge in [0.25, 0.3) is 5.91 Å². The molecule has 2 N–H and O–H groups in total. The maximum atomic E-state index is 14.1. The summed E-state index contributed by atoms with van der Waals surface area (Å²) in [6, 6.07) is 3.79. The van der Waals surface area contributed by atoms with E-state index >= 15 is 0 Å². The first-order valence-electron chi connectivity index (χ1n) is 13.6. The molecule has 1 fully saturated rings. The summed E-state index contributed by atoms with van der Waals surface area (Å²) in [5.41, 5.74) is -3.70. The first kappa shape index (κ1) is 31.7. The lowest BCUT2D eigenvalue weighted by atomic mass is 10.0. The fourth-order valence-electron chi connectivity index (χ4n) is 4.70. The average molecular weight is 589 g/mol. The number of unbranched alkanes of at least 4 members (excludes halogenated alkanes) is 5. The third kappa shape index (κ3) is 9.69. The lowest BCUT2D eigenvalue weighted by Crippen LogP contribution is -2.34. The number of amides is 2. The molecule has 2 atom stereocenters. The minimum absolute atomic E-state index is 0.0386. The molecule has 1 aliphatic rings. The summed E-state index contributed by atoms with van der Waals surface area (Å²) in [6.45, 7) is 3.68. The van der Waals surface area contributed by atoms with Crippen LogP contribution in [-0.2, 0) is 28.7 Å². The Hall–Kier alpha value is -2.80. The second-order valence-electron chi connectivity index (χ2n) is 9.88. The maximum Gasteiger partial charge on any atom is 0.490 e. The van der Waals surface area contributed by atoms with Crippen molar-refractivity contribution in [3.05, 3.63) is 53.0 Å². The molecule has 2 amide bonds. The number of benzene rings is 1. The lowest BCUT2D eigenvalue weighted by Gasteiger charge is -2.23. The second kappa shape index (κ2) is 15.3. The normalized spacial score (nSPS) is 16.7. The van der Waals surface area contributed by atoms with Crippen molar-refractivity contribution in [2.45, 2.75) is 89.2 Å². The third-order valence-corrected chi connectivity index (χ3v) is 7.63. The van der Waals surface area contributed by atoms with Gasteiger partial charge in [-0.3, -0.25) is 19.2 Å². The van der Waals surface area contributed by atoms with Crippen LogP contribution in [-0.4, -0.2) is 44.5 Å². The van der Waals surface area contributed by atoms with Gasteiger partial charge in [-0.25, -0.2) is 13.6 Å². The van der Waals surface area contributed by atoms with Gasteiger partial charge < -0.3 is 9.73 Å². The quantitative estimate of drug-likeness (QED) is 0.211. The summed E-state index contributed by atoms with van der Waals surface area (Å²) in [6.07, 6.45) is 9.27. The van der Waals surface area contributed by atoms with Gasteiger partial charge in [-0.15, -0.1) is 0 Å². The predicted octanol–water partition coefficient (Wildman–Crippen LogP) is 5.47. The molecule has 1 aromatic heterocycles. The van der Waals surface area contributed by atoms with Crippen molar-refractivity contribution < 1.29 is 35.8 Å². The van der Waals surface area contributed by atoms with Crippen LogP contribution in [0.3, 0.4) is 0 Å². The summed E-state index contributed by atoms with van der Waals surface area (Å²) in [5, 5.41) is 2.87. The molecular weight excluding hydrogens is 552 g/mol. The van der Waals surface area contributed by atoms with Crippen LogP contribution >= 0.6 is 0 Å². The molecule has 0 bridgehead atoms. The first-order chi connectivity index (χ1) is 19.1. The molecule has 13 heteroatoms. The fraction of sp³-hybridized carbons (Fsp3) is 0.593. The summed E-state index contributed by atoms with van der Waals surface area (Å²) in [4.78, 5) is 30.8. The number of halogens is 4. The van der Waals surface area contributed by atoms with E-state index in [4.69, 9.17) is 4.42 Å². The first-order valence-corrected chi connectivity index (χ1v) is 14.8. The number of likely N-dealkylation sites (tertiary alicyclic amines) is 1. The number of rotatable bonds is 15. The average Bonchev–Trinajstić information content (AvgIpc) is 3.57. The van der Waals surface area contributed by atoms with Gasteiger partial charge in [-0.1, -0.05) is 45.1 Å². The number of alkyl halides is 3. The van der Waals surface area contributed by atoms with Gasteiger partial charge >= 0.3 is 5.51 Å². The highest BCUT2D eigenvalue weighted by Crippen LogP contribution is 2.33. The Morgan fingerprint density at radius 2 is 1.90 bits per heavy atom. The molecule has 40 heavy (non-hydrogen) atoms. The van der Waals surface area contributed by atoms with Crippen molar-refractivity contribution in [1.82, 2.24) is 19.9 Å². The fourth-order valence-corrected chi connectivity index (χ4v) is 5.13. The topological polar surface area (TPSA) is 105 Å². The van der Waals surface area contributed by atoms with E-state index in [0.717, 1.165) is 32.1 Å². The van der Waals surface area contributed by atoms with E-state index in [2.05, 4.69) is 17.2 Å². The van der Waals surface area contributed by atoms with Crippen molar-refractivity contribution >= 4 is 22.8 Å². The van der Waals surface area contributed by atoms with Gasteiger partial charge in [0.05, 0.1) is 6.04 Å². The number of oxazole rings is 1. The number of nitrogens with one attached hydrogen (secondary N) is 2. The Labute approximate surface area is 233 Å². The largest absolute Gasteiger partial charge is 0.490 e. The highest BCUT2D eigenvalue weighted by Gasteiger charge is 2.38. The van der Waals surface area contributed by atoms with Gasteiger partial charge in [0.1, 0.15) is 12.1 Å². The van der Waals surface area contributed by atoms with E-state index < -0.39 is 28.2 Å². The molecule has 1 unspecified atom stereocenters. The molecule has 2 aromatic rings. The number of hydrogen-bond acceptors (Lipinski definition) is 6. The number of aryl methyl sites for hydroxylation is 1. The van der Waals surface area contributed by atoms with Crippen molar-refractivity contribution in [3.63, 3.8) is 0 Å². The minimum atomic E-state index is -5.05. The molecule has 0 aliphatic carbocycles. The summed E-state index contributed by atoms with van der Waals surface area (Å²) in [7, 11) is -3.48. The third-order valence-electron chi connectivity index (χ3n) is 6.80. The number of nitrogens with zero attached hydrogens (tertiary/aromatic N) is 2. The van der Waals surface area contributed by atoms with Crippen molar-refractivity contribution in [2.75, 3.05) is 13.1 Å². The number of hydrogen-bond donors (Lipinski definition) is 2. The number of carbonyl (C=O) groups excluding carboxylic acids is 2. The van der Waals surface area contributed by atoms with Crippen LogP contribution in [0.2, 0.25) is 0 Å². The SMILES string of the molecule is CCCCCCCCNC(=O)c1coc([C@@H]2CCCN2Cc2cc(F)ccc2CCC(=O)NS(=O)C(F)(F)F)n1. The zero-order valence-corrected chi connectivity index (χ0v) is 23.3. The van der Waals surface area contributed by atoms with Crippen LogP contribution in [0.25, 0.3) is 0 Å². The van der Waals surface area contributed by atoms with Crippen molar-refractivity contribution in [3.8, 4) is 0 Å². The molecule has 1 aliphatic heterocycles. The molecule has 0 spiro atoms. The summed E-state index contributed by atoms with van der Waals surface area (Å²) < 4.78 is 69.6. The van der Waals surface area contributed by atoms with Crippen LogP contribution in [0.5, 0.6) is 0 Å². The minimum Gasteiger partial charge on any atom is -0.446 e. The molecule has 3 rings (SSSR count). The molecule has 1 saturated heterocycles. The van der Waals surface area contributed by atoms with Gasteiger partial charge in [0.15, 0.2) is 5.69 Å². The molecule has 2 heterocycles. The molecule has 222 valence electrons. The van der Waals surface area contributed by atoms with E-state index in [-0.39, 0.29) is 37.0 Å². The highest BCUT2D eigenvalue weighted by atomic mass is 32.2. The summed E-state index contributed by atoms with van der Waals surface area (Å²) >= 11 is 0. The second-order valence-corrected chi connectivity index (χ2v) is 11.1. The Kier molecular flexibility index (Phi) is 12.1. The smallest absolute Gasteiger partial charge is 0.446 e. The molecule has 1 aromatic carbocycles. The van der Waals surface area contributed by atoms with Crippen LogP contribution in [0.4, 0.5) is 17.6 Å². The Morgan fingerprint density at radius 3 is 2.65 bits per heavy atom. The van der Waals surface area contributed by atoms with Gasteiger partial charge in [-0.05, 0) is 55.5 Å². The van der Waals surface area contributed by atoms with E-state index in [1.807, 2.05) is 4.90 Å². The highest BCUT2D eigenvalue weighted by molar-refractivity contribution is 7.84. The van der Waals surface area contributed by atoms with Crippen LogP contribution < -0.4 is 10.0 Å². The van der Waals surface area contributed by atoms with E-state index in [1.165, 1.54) is 48.4 Å². The van der Waals surface area contributed by atoms with Crippen molar-refractivity contribution in [2.24, 2.45) is 0 Å². The van der Waals surface area contributed by atoms with Crippen molar-refractivity contribution in [1.29, 1.82) is 0 Å². The zero-order chi connectivity index (χ0) is 29.1. The summed E-state index contributed by atoms with van der Waals surface area (Å²) in [5.74, 6) is -1.43.